The molecule has 0 spiro atoms. The lowest BCUT2D eigenvalue weighted by Crippen LogP contribution is -2.61. The number of carboxylic acid groups (broad SMARTS) is 1. The maximum absolute atomic E-state index is 13.6. The highest BCUT2D eigenvalue weighted by molar-refractivity contribution is 7.17. The van der Waals surface area contributed by atoms with E-state index in [2.05, 4.69) is 34.0 Å². The molecule has 1 amide bonds. The fraction of sp³-hybridized carbons (Fsp3) is 0.640. The van der Waals surface area contributed by atoms with Crippen LogP contribution >= 0.6 is 11.3 Å². The first-order valence-corrected chi connectivity index (χ1v) is 13.3. The van der Waals surface area contributed by atoms with E-state index in [0.717, 1.165) is 18.1 Å². The quantitative estimate of drug-likeness (QED) is 0.575. The minimum atomic E-state index is -0.958. The fourth-order valence-electron chi connectivity index (χ4n) is 5.05. The molecule has 1 saturated carbocycles. The van der Waals surface area contributed by atoms with Crippen LogP contribution in [0.4, 0.5) is 10.9 Å². The van der Waals surface area contributed by atoms with Crippen molar-refractivity contribution in [1.29, 1.82) is 0 Å². The molecule has 0 aromatic carbocycles. The van der Waals surface area contributed by atoms with Crippen LogP contribution < -0.4 is 10.2 Å². The van der Waals surface area contributed by atoms with Gasteiger partial charge in [-0.25, -0.2) is 19.7 Å². The van der Waals surface area contributed by atoms with E-state index >= 15 is 0 Å². The Bertz CT molecular complexity index is 1090. The number of hydrogen-bond donors (Lipinski definition) is 2. The van der Waals surface area contributed by atoms with E-state index in [4.69, 9.17) is 4.98 Å². The van der Waals surface area contributed by atoms with Gasteiger partial charge in [-0.15, -0.1) is 0 Å². The Morgan fingerprint density at radius 3 is 2.54 bits per heavy atom. The second-order valence-electron chi connectivity index (χ2n) is 10.6. The van der Waals surface area contributed by atoms with Crippen LogP contribution in [-0.4, -0.2) is 68.6 Å². The van der Waals surface area contributed by atoms with Gasteiger partial charge in [0.1, 0.15) is 16.4 Å². The Morgan fingerprint density at radius 1 is 1.23 bits per heavy atom. The van der Waals surface area contributed by atoms with Crippen LogP contribution in [0.25, 0.3) is 0 Å². The summed E-state index contributed by atoms with van der Waals surface area (Å²) < 4.78 is 0. The standard InChI is InChI=1S/C25H36N6O3S/c1-15(2)19-21(26-12-17-8-6-7-9-17)27-13-18(29-19)22(32)31-11-10-30(14-25(31,4)5)24-28-16(3)20(35-24)23(33)34/h13,15,17H,6-12,14H2,1-5H3,(H,26,27)(H,33,34). The van der Waals surface area contributed by atoms with Gasteiger partial charge in [-0.3, -0.25) is 4.79 Å². The zero-order valence-electron chi connectivity index (χ0n) is 21.3. The number of carbonyl (C=O) groups excluding carboxylic acids is 1. The predicted molar refractivity (Wildman–Crippen MR) is 138 cm³/mol. The van der Waals surface area contributed by atoms with Gasteiger partial charge in [-0.1, -0.05) is 38.0 Å². The van der Waals surface area contributed by atoms with Gasteiger partial charge in [0.15, 0.2) is 5.13 Å². The van der Waals surface area contributed by atoms with Crippen molar-refractivity contribution < 1.29 is 14.7 Å². The Morgan fingerprint density at radius 2 is 1.94 bits per heavy atom. The third-order valence-corrected chi connectivity index (χ3v) is 8.20. The maximum Gasteiger partial charge on any atom is 0.347 e. The number of nitrogens with zero attached hydrogens (tertiary/aromatic N) is 5. The number of piperazine rings is 1. The number of aromatic nitrogens is 3. The Hall–Kier alpha value is -2.75. The van der Waals surface area contributed by atoms with E-state index in [1.807, 2.05) is 18.7 Å². The average Bonchev–Trinajstić information content (AvgIpc) is 3.46. The summed E-state index contributed by atoms with van der Waals surface area (Å²) in [6.45, 7) is 12.4. The molecule has 2 N–H and O–H groups in total. The molecule has 3 heterocycles. The van der Waals surface area contributed by atoms with E-state index in [1.165, 1.54) is 37.0 Å². The lowest BCUT2D eigenvalue weighted by Gasteiger charge is -2.47. The van der Waals surface area contributed by atoms with E-state index in [9.17, 15) is 14.7 Å². The lowest BCUT2D eigenvalue weighted by molar-refractivity contribution is 0.0507. The summed E-state index contributed by atoms with van der Waals surface area (Å²) in [6, 6.07) is 0. The van der Waals surface area contributed by atoms with Crippen LogP contribution in [0.2, 0.25) is 0 Å². The molecule has 190 valence electrons. The predicted octanol–water partition coefficient (Wildman–Crippen LogP) is 4.41. The average molecular weight is 501 g/mol. The topological polar surface area (TPSA) is 112 Å². The molecule has 0 radical (unpaired) electrons. The molecule has 2 aromatic rings. The van der Waals surface area contributed by atoms with E-state index in [-0.39, 0.29) is 16.7 Å². The highest BCUT2D eigenvalue weighted by atomic mass is 32.1. The summed E-state index contributed by atoms with van der Waals surface area (Å²) in [5.41, 5.74) is 1.22. The smallest absolute Gasteiger partial charge is 0.347 e. The molecule has 0 unspecified atom stereocenters. The minimum Gasteiger partial charge on any atom is -0.477 e. The summed E-state index contributed by atoms with van der Waals surface area (Å²) in [6.07, 6.45) is 6.71. The minimum absolute atomic E-state index is 0.132. The number of carboxylic acids is 1. The highest BCUT2D eigenvalue weighted by Crippen LogP contribution is 2.32. The first-order chi connectivity index (χ1) is 16.6. The number of nitrogens with one attached hydrogen (secondary N) is 1. The molecule has 1 aliphatic heterocycles. The summed E-state index contributed by atoms with van der Waals surface area (Å²) in [5.74, 6) is 0.514. The van der Waals surface area contributed by atoms with Crippen molar-refractivity contribution in [3.8, 4) is 0 Å². The van der Waals surface area contributed by atoms with Gasteiger partial charge in [-0.2, -0.15) is 0 Å². The number of rotatable bonds is 7. The molecular formula is C25H36N6O3S. The number of aryl methyl sites for hydroxylation is 1. The molecule has 10 heteroatoms. The first-order valence-electron chi connectivity index (χ1n) is 12.4. The molecular weight excluding hydrogens is 464 g/mol. The number of aromatic carboxylic acids is 1. The van der Waals surface area contributed by atoms with E-state index in [0.29, 0.717) is 42.1 Å². The third-order valence-electron chi connectivity index (χ3n) is 7.00. The van der Waals surface area contributed by atoms with Gasteiger partial charge in [0, 0.05) is 26.2 Å². The summed E-state index contributed by atoms with van der Waals surface area (Å²) >= 11 is 1.18. The monoisotopic (exact) mass is 500 g/mol. The number of hydrogen-bond acceptors (Lipinski definition) is 8. The van der Waals surface area contributed by atoms with Gasteiger partial charge in [0.25, 0.3) is 5.91 Å². The Labute approximate surface area is 211 Å². The molecule has 2 aliphatic rings. The van der Waals surface area contributed by atoms with Gasteiger partial charge in [0.05, 0.1) is 23.1 Å². The number of anilines is 2. The summed E-state index contributed by atoms with van der Waals surface area (Å²) in [7, 11) is 0. The summed E-state index contributed by atoms with van der Waals surface area (Å²) in [5, 5.41) is 13.5. The van der Waals surface area contributed by atoms with Gasteiger partial charge in [0.2, 0.25) is 0 Å². The van der Waals surface area contributed by atoms with Crippen LogP contribution in [0.3, 0.4) is 0 Å². The van der Waals surface area contributed by atoms with Crippen molar-refractivity contribution in [3.63, 3.8) is 0 Å². The summed E-state index contributed by atoms with van der Waals surface area (Å²) in [4.78, 5) is 43.0. The number of carbonyl (C=O) groups is 2. The zero-order chi connectivity index (χ0) is 25.3. The highest BCUT2D eigenvalue weighted by Gasteiger charge is 2.39. The van der Waals surface area contributed by atoms with Crippen molar-refractivity contribution in [2.75, 3.05) is 36.4 Å². The van der Waals surface area contributed by atoms with Crippen LogP contribution in [-0.2, 0) is 0 Å². The van der Waals surface area contributed by atoms with Crippen LogP contribution in [0.5, 0.6) is 0 Å². The zero-order valence-corrected chi connectivity index (χ0v) is 22.1. The van der Waals surface area contributed by atoms with Gasteiger partial charge < -0.3 is 20.2 Å². The fourth-order valence-corrected chi connectivity index (χ4v) is 5.98. The van der Waals surface area contributed by atoms with Crippen molar-refractivity contribution in [2.24, 2.45) is 5.92 Å². The largest absolute Gasteiger partial charge is 0.477 e. The van der Waals surface area contributed by atoms with Crippen molar-refractivity contribution >= 4 is 34.2 Å². The van der Waals surface area contributed by atoms with E-state index in [1.54, 1.807) is 13.1 Å². The van der Waals surface area contributed by atoms with Crippen molar-refractivity contribution in [2.45, 2.75) is 71.8 Å². The normalized spacial score (nSPS) is 18.3. The SMILES string of the molecule is Cc1nc(N2CCN(C(=O)c3cnc(NCC4CCCC4)c(C(C)C)n3)C(C)(C)C2)sc1C(=O)O. The van der Waals surface area contributed by atoms with Crippen molar-refractivity contribution in [3.05, 3.63) is 28.2 Å². The molecule has 0 atom stereocenters. The van der Waals surface area contributed by atoms with Gasteiger partial charge in [-0.05, 0) is 45.4 Å². The van der Waals surface area contributed by atoms with Gasteiger partial charge >= 0.3 is 5.97 Å². The third kappa shape index (κ3) is 5.42. The second-order valence-corrected chi connectivity index (χ2v) is 11.6. The second kappa shape index (κ2) is 10.1. The molecule has 0 bridgehead atoms. The van der Waals surface area contributed by atoms with Crippen LogP contribution in [0.1, 0.15) is 90.8 Å². The number of amides is 1. The molecule has 35 heavy (non-hydrogen) atoms. The molecule has 1 aliphatic carbocycles. The molecule has 1 saturated heterocycles. The Balaban J connectivity index is 1.49. The Kier molecular flexibility index (Phi) is 7.30. The van der Waals surface area contributed by atoms with Crippen LogP contribution in [0, 0.1) is 12.8 Å². The molecule has 9 nitrogen and oxygen atoms in total. The number of thiazole rings is 1. The molecule has 2 aromatic heterocycles. The lowest BCUT2D eigenvalue weighted by atomic mass is 9.98. The van der Waals surface area contributed by atoms with Crippen molar-refractivity contribution in [1.82, 2.24) is 19.9 Å². The maximum atomic E-state index is 13.6. The van der Waals surface area contributed by atoms with E-state index < -0.39 is 11.5 Å². The molecule has 2 fully saturated rings. The first kappa shape index (κ1) is 25.3. The van der Waals surface area contributed by atoms with Crippen LogP contribution in [0.15, 0.2) is 6.20 Å². The molecule has 4 rings (SSSR count).